The quantitative estimate of drug-likeness (QED) is 0.767. The Labute approximate surface area is 106 Å². The Morgan fingerprint density at radius 3 is 2.50 bits per heavy atom. The molecule has 0 N–H and O–H groups in total. The highest BCUT2D eigenvalue weighted by molar-refractivity contribution is 5.90. The fraction of sp³-hybridized carbons (Fsp3) is 0.286. The standard InChI is InChI=1S/C14H16O4/c1-10-9-12(14(16)18-3)8-7-11(10)5-4-6-13(15)17-2/h4-5,7-9H,6H2,1-3H3. The van der Waals surface area contributed by atoms with E-state index >= 15 is 0 Å². The van der Waals surface area contributed by atoms with Gasteiger partial charge in [0.1, 0.15) is 0 Å². The van der Waals surface area contributed by atoms with Gasteiger partial charge in [-0.25, -0.2) is 4.79 Å². The average molecular weight is 248 g/mol. The predicted octanol–water partition coefficient (Wildman–Crippen LogP) is 2.36. The molecule has 0 amide bonds. The highest BCUT2D eigenvalue weighted by Gasteiger charge is 2.06. The summed E-state index contributed by atoms with van der Waals surface area (Å²) in [5.74, 6) is -0.640. The van der Waals surface area contributed by atoms with E-state index in [0.717, 1.165) is 11.1 Å². The van der Waals surface area contributed by atoms with Crippen LogP contribution in [0.2, 0.25) is 0 Å². The fourth-order valence-electron chi connectivity index (χ4n) is 1.47. The summed E-state index contributed by atoms with van der Waals surface area (Å²) in [5, 5.41) is 0. The number of esters is 2. The number of carbonyl (C=O) groups is 2. The second-order valence-electron chi connectivity index (χ2n) is 3.75. The maximum Gasteiger partial charge on any atom is 0.337 e. The summed E-state index contributed by atoms with van der Waals surface area (Å²) in [7, 11) is 2.70. The summed E-state index contributed by atoms with van der Waals surface area (Å²) in [5.41, 5.74) is 2.41. The monoisotopic (exact) mass is 248 g/mol. The first kappa shape index (κ1) is 14.0. The highest BCUT2D eigenvalue weighted by Crippen LogP contribution is 2.14. The second kappa shape index (κ2) is 6.59. The Hall–Kier alpha value is -2.10. The Morgan fingerprint density at radius 2 is 1.94 bits per heavy atom. The Bertz CT molecular complexity index is 475. The van der Waals surface area contributed by atoms with Crippen LogP contribution in [0.15, 0.2) is 24.3 Å². The van der Waals surface area contributed by atoms with E-state index in [-0.39, 0.29) is 18.4 Å². The molecule has 0 aliphatic heterocycles. The molecule has 0 unspecified atom stereocenters. The molecule has 0 saturated carbocycles. The van der Waals surface area contributed by atoms with Crippen molar-refractivity contribution in [3.8, 4) is 0 Å². The van der Waals surface area contributed by atoms with Gasteiger partial charge in [-0.3, -0.25) is 4.79 Å². The molecule has 1 aromatic rings. The van der Waals surface area contributed by atoms with Gasteiger partial charge >= 0.3 is 11.9 Å². The van der Waals surface area contributed by atoms with Gasteiger partial charge in [0, 0.05) is 0 Å². The highest BCUT2D eigenvalue weighted by atomic mass is 16.5. The van der Waals surface area contributed by atoms with Gasteiger partial charge in [0.05, 0.1) is 26.2 Å². The van der Waals surface area contributed by atoms with Crippen LogP contribution in [-0.2, 0) is 14.3 Å². The van der Waals surface area contributed by atoms with Crippen LogP contribution in [0.3, 0.4) is 0 Å². The molecule has 0 atom stereocenters. The normalized spacial score (nSPS) is 10.4. The summed E-state index contributed by atoms with van der Waals surface area (Å²) >= 11 is 0. The molecule has 4 nitrogen and oxygen atoms in total. The van der Waals surface area contributed by atoms with E-state index < -0.39 is 0 Å². The molecular weight excluding hydrogens is 232 g/mol. The summed E-state index contributed by atoms with van der Waals surface area (Å²) in [6.45, 7) is 1.89. The van der Waals surface area contributed by atoms with Crippen molar-refractivity contribution < 1.29 is 19.1 Å². The van der Waals surface area contributed by atoms with E-state index in [2.05, 4.69) is 9.47 Å². The van der Waals surface area contributed by atoms with Crippen LogP contribution in [0.4, 0.5) is 0 Å². The maximum atomic E-state index is 11.3. The molecule has 1 rings (SSSR count). The molecule has 18 heavy (non-hydrogen) atoms. The van der Waals surface area contributed by atoms with E-state index in [0.29, 0.717) is 5.56 Å². The molecule has 0 saturated heterocycles. The minimum Gasteiger partial charge on any atom is -0.469 e. The lowest BCUT2D eigenvalue weighted by molar-refractivity contribution is -0.139. The number of hydrogen-bond acceptors (Lipinski definition) is 4. The van der Waals surface area contributed by atoms with Gasteiger partial charge in [-0.2, -0.15) is 0 Å². The van der Waals surface area contributed by atoms with E-state index in [9.17, 15) is 9.59 Å². The van der Waals surface area contributed by atoms with Gasteiger partial charge in [0.15, 0.2) is 0 Å². The van der Waals surface area contributed by atoms with Crippen LogP contribution < -0.4 is 0 Å². The van der Waals surface area contributed by atoms with Crippen molar-refractivity contribution in [2.75, 3.05) is 14.2 Å². The lowest BCUT2D eigenvalue weighted by Gasteiger charge is -2.04. The van der Waals surface area contributed by atoms with Crippen molar-refractivity contribution in [2.24, 2.45) is 0 Å². The van der Waals surface area contributed by atoms with E-state index in [4.69, 9.17) is 0 Å². The first-order valence-electron chi connectivity index (χ1n) is 5.50. The molecule has 0 heterocycles. The molecule has 1 aromatic carbocycles. The van der Waals surface area contributed by atoms with Gasteiger partial charge < -0.3 is 9.47 Å². The lowest BCUT2D eigenvalue weighted by Crippen LogP contribution is -2.01. The number of rotatable bonds is 4. The SMILES string of the molecule is COC(=O)CC=Cc1ccc(C(=O)OC)cc1C. The Morgan fingerprint density at radius 1 is 1.22 bits per heavy atom. The third-order valence-electron chi connectivity index (χ3n) is 2.50. The topological polar surface area (TPSA) is 52.6 Å². The number of carbonyl (C=O) groups excluding carboxylic acids is 2. The van der Waals surface area contributed by atoms with E-state index in [1.54, 1.807) is 18.2 Å². The molecule has 4 heteroatoms. The Balaban J connectivity index is 2.80. The molecule has 0 spiro atoms. The number of aryl methyl sites for hydroxylation is 1. The van der Waals surface area contributed by atoms with Crippen LogP contribution in [-0.4, -0.2) is 26.2 Å². The molecule has 0 aliphatic carbocycles. The molecule has 0 aromatic heterocycles. The van der Waals surface area contributed by atoms with Crippen LogP contribution >= 0.6 is 0 Å². The molecule has 0 radical (unpaired) electrons. The zero-order chi connectivity index (χ0) is 13.5. The zero-order valence-electron chi connectivity index (χ0n) is 10.7. The molecule has 0 bridgehead atoms. The largest absolute Gasteiger partial charge is 0.469 e. The third-order valence-corrected chi connectivity index (χ3v) is 2.50. The zero-order valence-corrected chi connectivity index (χ0v) is 10.7. The van der Waals surface area contributed by atoms with Crippen molar-refractivity contribution in [2.45, 2.75) is 13.3 Å². The number of benzene rings is 1. The second-order valence-corrected chi connectivity index (χ2v) is 3.75. The average Bonchev–Trinajstić information content (AvgIpc) is 2.39. The van der Waals surface area contributed by atoms with Crippen LogP contribution in [0.5, 0.6) is 0 Å². The van der Waals surface area contributed by atoms with Gasteiger partial charge in [-0.15, -0.1) is 0 Å². The minimum atomic E-state index is -0.358. The fourth-order valence-corrected chi connectivity index (χ4v) is 1.47. The van der Waals surface area contributed by atoms with Crippen molar-refractivity contribution in [3.05, 3.63) is 41.0 Å². The van der Waals surface area contributed by atoms with Crippen LogP contribution in [0.1, 0.15) is 27.9 Å². The van der Waals surface area contributed by atoms with Gasteiger partial charge in [-0.05, 0) is 30.2 Å². The van der Waals surface area contributed by atoms with Gasteiger partial charge in [0.25, 0.3) is 0 Å². The molecule has 0 aliphatic rings. The van der Waals surface area contributed by atoms with E-state index in [1.165, 1.54) is 14.2 Å². The number of ether oxygens (including phenoxy) is 2. The predicted molar refractivity (Wildman–Crippen MR) is 68.2 cm³/mol. The first-order valence-corrected chi connectivity index (χ1v) is 5.50. The van der Waals surface area contributed by atoms with Gasteiger partial charge in [0.2, 0.25) is 0 Å². The third kappa shape index (κ3) is 3.73. The van der Waals surface area contributed by atoms with Crippen LogP contribution in [0.25, 0.3) is 6.08 Å². The molecule has 96 valence electrons. The van der Waals surface area contributed by atoms with Gasteiger partial charge in [-0.1, -0.05) is 18.2 Å². The lowest BCUT2D eigenvalue weighted by atomic mass is 10.0. The molecular formula is C14H16O4. The summed E-state index contributed by atoms with van der Waals surface area (Å²) < 4.78 is 9.17. The van der Waals surface area contributed by atoms with E-state index in [1.807, 2.05) is 19.1 Å². The van der Waals surface area contributed by atoms with Crippen molar-refractivity contribution in [1.82, 2.24) is 0 Å². The van der Waals surface area contributed by atoms with Crippen LogP contribution in [0, 0.1) is 6.92 Å². The first-order chi connectivity index (χ1) is 8.58. The van der Waals surface area contributed by atoms with Crippen molar-refractivity contribution >= 4 is 18.0 Å². The maximum absolute atomic E-state index is 11.3. The summed E-state index contributed by atoms with van der Waals surface area (Å²) in [6.07, 6.45) is 3.79. The number of hydrogen-bond donors (Lipinski definition) is 0. The van der Waals surface area contributed by atoms with Crippen molar-refractivity contribution in [1.29, 1.82) is 0 Å². The number of methoxy groups -OCH3 is 2. The smallest absolute Gasteiger partial charge is 0.337 e. The summed E-state index contributed by atoms with van der Waals surface area (Å²) in [4.78, 5) is 22.3. The Kier molecular flexibility index (Phi) is 5.11. The van der Waals surface area contributed by atoms with Crippen molar-refractivity contribution in [3.63, 3.8) is 0 Å². The minimum absolute atomic E-state index is 0.231. The molecule has 0 fully saturated rings. The summed E-state index contributed by atoms with van der Waals surface area (Å²) in [6, 6.07) is 5.26.